The van der Waals surface area contributed by atoms with Gasteiger partial charge in [0.15, 0.2) is 0 Å². The summed E-state index contributed by atoms with van der Waals surface area (Å²) in [4.78, 5) is 28.3. The van der Waals surface area contributed by atoms with Gasteiger partial charge in [0.05, 0.1) is 18.7 Å². The average molecular weight is 382 g/mol. The van der Waals surface area contributed by atoms with E-state index in [1.165, 1.54) is 0 Å². The molecule has 1 amide bonds. The van der Waals surface area contributed by atoms with Crippen molar-refractivity contribution in [1.29, 1.82) is 0 Å². The van der Waals surface area contributed by atoms with Crippen molar-refractivity contribution < 1.29 is 14.3 Å². The number of aromatic nitrogens is 2. The Bertz CT molecular complexity index is 725. The second-order valence-corrected chi connectivity index (χ2v) is 6.53. The van der Waals surface area contributed by atoms with E-state index in [9.17, 15) is 9.59 Å². The standard InChI is InChI=1S/C16H20BrN3O3/c1-4-23-15(22)8-12-16(19-14(21)7-10(2)3)20-9-11(17)5-6-13(20)18-12/h5-6,9-10H,4,7-8H2,1-3H3,(H,19,21). The summed E-state index contributed by atoms with van der Waals surface area (Å²) in [5, 5.41) is 2.87. The molecule has 6 nitrogen and oxygen atoms in total. The third-order valence-corrected chi connectivity index (χ3v) is 3.59. The summed E-state index contributed by atoms with van der Waals surface area (Å²) in [6.45, 7) is 6.02. The molecule has 23 heavy (non-hydrogen) atoms. The second-order valence-electron chi connectivity index (χ2n) is 5.61. The number of rotatable bonds is 6. The van der Waals surface area contributed by atoms with Crippen LogP contribution in [-0.4, -0.2) is 27.9 Å². The topological polar surface area (TPSA) is 72.7 Å². The van der Waals surface area contributed by atoms with Gasteiger partial charge in [0.25, 0.3) is 0 Å². The Morgan fingerprint density at radius 3 is 2.78 bits per heavy atom. The average Bonchev–Trinajstić information content (AvgIpc) is 2.75. The zero-order chi connectivity index (χ0) is 17.0. The maximum atomic E-state index is 12.1. The summed E-state index contributed by atoms with van der Waals surface area (Å²) in [7, 11) is 0. The summed E-state index contributed by atoms with van der Waals surface area (Å²) in [6, 6.07) is 3.67. The molecule has 2 aromatic rings. The van der Waals surface area contributed by atoms with Crippen molar-refractivity contribution in [3.8, 4) is 0 Å². The van der Waals surface area contributed by atoms with E-state index in [4.69, 9.17) is 4.74 Å². The van der Waals surface area contributed by atoms with Crippen molar-refractivity contribution in [3.63, 3.8) is 0 Å². The number of carbonyl (C=O) groups excluding carboxylic acids is 2. The lowest BCUT2D eigenvalue weighted by atomic mass is 10.1. The lowest BCUT2D eigenvalue weighted by Crippen LogP contribution is -2.17. The summed E-state index contributed by atoms with van der Waals surface area (Å²) in [5.41, 5.74) is 1.16. The first kappa shape index (κ1) is 17.5. The van der Waals surface area contributed by atoms with Crippen LogP contribution in [0.25, 0.3) is 5.65 Å². The number of fused-ring (bicyclic) bond motifs is 1. The Morgan fingerprint density at radius 2 is 2.13 bits per heavy atom. The van der Waals surface area contributed by atoms with E-state index >= 15 is 0 Å². The molecule has 2 heterocycles. The minimum Gasteiger partial charge on any atom is -0.466 e. The first-order valence-corrected chi connectivity index (χ1v) is 8.32. The Hall–Kier alpha value is -1.89. The minimum absolute atomic E-state index is 0.0183. The third-order valence-electron chi connectivity index (χ3n) is 3.12. The zero-order valence-corrected chi connectivity index (χ0v) is 15.0. The largest absolute Gasteiger partial charge is 0.466 e. The van der Waals surface area contributed by atoms with Crippen LogP contribution in [-0.2, 0) is 20.7 Å². The Balaban J connectivity index is 2.38. The van der Waals surface area contributed by atoms with Crippen molar-refractivity contribution in [1.82, 2.24) is 9.38 Å². The number of anilines is 1. The molecule has 0 aliphatic rings. The van der Waals surface area contributed by atoms with Crippen LogP contribution in [0.1, 0.15) is 32.9 Å². The van der Waals surface area contributed by atoms with E-state index in [0.29, 0.717) is 30.2 Å². The molecular formula is C16H20BrN3O3. The molecule has 7 heteroatoms. The first-order valence-electron chi connectivity index (χ1n) is 7.52. The van der Waals surface area contributed by atoms with Gasteiger partial charge in [0.1, 0.15) is 11.5 Å². The minimum atomic E-state index is -0.366. The van der Waals surface area contributed by atoms with Crippen LogP contribution in [0.4, 0.5) is 5.82 Å². The summed E-state index contributed by atoms with van der Waals surface area (Å²) >= 11 is 3.41. The maximum absolute atomic E-state index is 12.1. The molecule has 1 N–H and O–H groups in total. The summed E-state index contributed by atoms with van der Waals surface area (Å²) in [5.74, 6) is 0.288. The molecule has 2 aromatic heterocycles. The SMILES string of the molecule is CCOC(=O)Cc1nc2ccc(Br)cn2c1NC(=O)CC(C)C. The van der Waals surface area contributed by atoms with E-state index in [1.807, 2.05) is 32.2 Å². The number of hydrogen-bond donors (Lipinski definition) is 1. The molecule has 0 unspecified atom stereocenters. The highest BCUT2D eigenvalue weighted by atomic mass is 79.9. The number of pyridine rings is 1. The van der Waals surface area contributed by atoms with Crippen molar-refractivity contribution in [3.05, 3.63) is 28.5 Å². The molecule has 0 aliphatic carbocycles. The number of esters is 1. The fourth-order valence-electron chi connectivity index (χ4n) is 2.23. The van der Waals surface area contributed by atoms with Gasteiger partial charge in [-0.2, -0.15) is 0 Å². The Morgan fingerprint density at radius 1 is 1.39 bits per heavy atom. The molecular weight excluding hydrogens is 362 g/mol. The number of amides is 1. The molecule has 0 fully saturated rings. The smallest absolute Gasteiger partial charge is 0.312 e. The second kappa shape index (κ2) is 7.59. The Labute approximate surface area is 143 Å². The number of ether oxygens (including phenoxy) is 1. The lowest BCUT2D eigenvalue weighted by Gasteiger charge is -2.09. The van der Waals surface area contributed by atoms with Gasteiger partial charge in [0, 0.05) is 17.1 Å². The highest BCUT2D eigenvalue weighted by Gasteiger charge is 2.18. The maximum Gasteiger partial charge on any atom is 0.312 e. The number of imidazole rings is 1. The van der Waals surface area contributed by atoms with Crippen molar-refractivity contribution >= 4 is 39.3 Å². The van der Waals surface area contributed by atoms with Crippen LogP contribution >= 0.6 is 15.9 Å². The van der Waals surface area contributed by atoms with E-state index in [1.54, 1.807) is 11.3 Å². The Kier molecular flexibility index (Phi) is 5.76. The number of carbonyl (C=O) groups is 2. The van der Waals surface area contributed by atoms with Crippen LogP contribution in [0.5, 0.6) is 0 Å². The van der Waals surface area contributed by atoms with Gasteiger partial charge in [-0.3, -0.25) is 14.0 Å². The molecule has 0 atom stereocenters. The van der Waals surface area contributed by atoms with Crippen molar-refractivity contribution in [2.75, 3.05) is 11.9 Å². The zero-order valence-electron chi connectivity index (χ0n) is 13.4. The van der Waals surface area contributed by atoms with Gasteiger partial charge in [-0.1, -0.05) is 13.8 Å². The normalized spacial score (nSPS) is 11.0. The van der Waals surface area contributed by atoms with Crippen LogP contribution in [0.2, 0.25) is 0 Å². The van der Waals surface area contributed by atoms with Crippen LogP contribution in [0.3, 0.4) is 0 Å². The highest BCUT2D eigenvalue weighted by molar-refractivity contribution is 9.10. The van der Waals surface area contributed by atoms with Crippen LogP contribution in [0, 0.1) is 5.92 Å². The molecule has 0 saturated heterocycles. The summed E-state index contributed by atoms with van der Waals surface area (Å²) in [6.07, 6.45) is 2.23. The fourth-order valence-corrected chi connectivity index (χ4v) is 2.56. The summed E-state index contributed by atoms with van der Waals surface area (Å²) < 4.78 is 7.59. The third kappa shape index (κ3) is 4.54. The van der Waals surface area contributed by atoms with Crippen molar-refractivity contribution in [2.45, 2.75) is 33.6 Å². The van der Waals surface area contributed by atoms with E-state index in [-0.39, 0.29) is 24.2 Å². The highest BCUT2D eigenvalue weighted by Crippen LogP contribution is 2.22. The number of nitrogens with one attached hydrogen (secondary N) is 1. The predicted octanol–water partition coefficient (Wildman–Crippen LogP) is 3.19. The fraction of sp³-hybridized carbons (Fsp3) is 0.438. The molecule has 0 radical (unpaired) electrons. The van der Waals surface area contributed by atoms with Gasteiger partial charge >= 0.3 is 5.97 Å². The number of nitrogens with zero attached hydrogens (tertiary/aromatic N) is 2. The molecule has 2 rings (SSSR count). The van der Waals surface area contributed by atoms with Gasteiger partial charge < -0.3 is 10.1 Å². The van der Waals surface area contributed by atoms with E-state index < -0.39 is 0 Å². The lowest BCUT2D eigenvalue weighted by molar-refractivity contribution is -0.142. The van der Waals surface area contributed by atoms with Crippen LogP contribution < -0.4 is 5.32 Å². The predicted molar refractivity (Wildman–Crippen MR) is 91.3 cm³/mol. The number of hydrogen-bond acceptors (Lipinski definition) is 4. The van der Waals surface area contributed by atoms with Gasteiger partial charge in [-0.15, -0.1) is 0 Å². The van der Waals surface area contributed by atoms with Crippen molar-refractivity contribution in [2.24, 2.45) is 5.92 Å². The molecule has 0 aromatic carbocycles. The molecule has 0 saturated carbocycles. The van der Waals surface area contributed by atoms with Gasteiger partial charge in [0.2, 0.25) is 5.91 Å². The number of halogens is 1. The molecule has 0 spiro atoms. The first-order chi connectivity index (χ1) is 10.9. The van der Waals surface area contributed by atoms with E-state index in [0.717, 1.165) is 4.47 Å². The molecule has 0 bridgehead atoms. The molecule has 0 aliphatic heterocycles. The molecule has 124 valence electrons. The van der Waals surface area contributed by atoms with Gasteiger partial charge in [-0.25, -0.2) is 4.98 Å². The van der Waals surface area contributed by atoms with Crippen LogP contribution in [0.15, 0.2) is 22.8 Å². The monoisotopic (exact) mass is 381 g/mol. The quantitative estimate of drug-likeness (QED) is 0.779. The van der Waals surface area contributed by atoms with E-state index in [2.05, 4.69) is 26.2 Å². The van der Waals surface area contributed by atoms with Gasteiger partial charge in [-0.05, 0) is 40.9 Å².